The molecule has 0 radical (unpaired) electrons. The smallest absolute Gasteiger partial charge is 0.0620 e. The van der Waals surface area contributed by atoms with Crippen molar-refractivity contribution in [3.63, 3.8) is 0 Å². The first-order chi connectivity index (χ1) is 7.75. The number of nitrogens with one attached hydrogen (secondary N) is 1. The van der Waals surface area contributed by atoms with Gasteiger partial charge in [0, 0.05) is 10.1 Å². The SMILES string of the molecule is OC(Cc1ccc(I)cc1)C1CCCNC1. The summed E-state index contributed by atoms with van der Waals surface area (Å²) < 4.78 is 1.25. The molecule has 2 nitrogen and oxygen atoms in total. The molecule has 0 saturated carbocycles. The molecule has 1 aliphatic rings. The van der Waals surface area contributed by atoms with Gasteiger partial charge in [0.15, 0.2) is 0 Å². The van der Waals surface area contributed by atoms with E-state index in [1.165, 1.54) is 15.6 Å². The molecule has 88 valence electrons. The van der Waals surface area contributed by atoms with E-state index in [0.717, 1.165) is 25.9 Å². The minimum atomic E-state index is -0.201. The topological polar surface area (TPSA) is 32.3 Å². The van der Waals surface area contributed by atoms with E-state index < -0.39 is 0 Å². The normalized spacial score (nSPS) is 23.0. The van der Waals surface area contributed by atoms with Gasteiger partial charge in [-0.3, -0.25) is 0 Å². The summed E-state index contributed by atoms with van der Waals surface area (Å²) in [6.07, 6.45) is 2.92. The molecule has 1 heterocycles. The van der Waals surface area contributed by atoms with E-state index in [2.05, 4.69) is 52.2 Å². The monoisotopic (exact) mass is 331 g/mol. The summed E-state index contributed by atoms with van der Waals surface area (Å²) in [5.74, 6) is 0.424. The Balaban J connectivity index is 1.90. The van der Waals surface area contributed by atoms with Gasteiger partial charge in [-0.15, -0.1) is 0 Å². The van der Waals surface area contributed by atoms with Crippen molar-refractivity contribution in [1.82, 2.24) is 5.32 Å². The zero-order chi connectivity index (χ0) is 11.4. The molecule has 2 N–H and O–H groups in total. The first kappa shape index (κ1) is 12.3. The zero-order valence-electron chi connectivity index (χ0n) is 9.32. The highest BCUT2D eigenvalue weighted by atomic mass is 127. The second kappa shape index (κ2) is 5.98. The molecule has 3 heteroatoms. The molecule has 0 aliphatic carbocycles. The van der Waals surface area contributed by atoms with Crippen LogP contribution in [-0.2, 0) is 6.42 Å². The van der Waals surface area contributed by atoms with E-state index in [1.807, 2.05) is 0 Å². The molecule has 2 unspecified atom stereocenters. The molecule has 1 aromatic rings. The van der Waals surface area contributed by atoms with Crippen LogP contribution >= 0.6 is 22.6 Å². The van der Waals surface area contributed by atoms with Gasteiger partial charge in [-0.2, -0.15) is 0 Å². The summed E-state index contributed by atoms with van der Waals surface area (Å²) in [6, 6.07) is 8.42. The lowest BCUT2D eigenvalue weighted by Crippen LogP contribution is -2.37. The molecule has 16 heavy (non-hydrogen) atoms. The highest BCUT2D eigenvalue weighted by Gasteiger charge is 2.21. The lowest BCUT2D eigenvalue weighted by Gasteiger charge is -2.27. The fraction of sp³-hybridized carbons (Fsp3) is 0.538. The summed E-state index contributed by atoms with van der Waals surface area (Å²) in [6.45, 7) is 2.07. The maximum atomic E-state index is 10.2. The number of aliphatic hydroxyl groups excluding tert-OH is 1. The first-order valence-electron chi connectivity index (χ1n) is 5.89. The van der Waals surface area contributed by atoms with Gasteiger partial charge in [0.2, 0.25) is 0 Å². The summed E-state index contributed by atoms with van der Waals surface area (Å²) in [7, 11) is 0. The summed E-state index contributed by atoms with van der Waals surface area (Å²) >= 11 is 2.30. The van der Waals surface area contributed by atoms with E-state index in [0.29, 0.717) is 5.92 Å². The van der Waals surface area contributed by atoms with Crippen molar-refractivity contribution in [2.45, 2.75) is 25.4 Å². The standard InChI is InChI=1S/C13H18INO/c14-12-5-3-10(4-6-12)8-13(16)11-2-1-7-15-9-11/h3-6,11,13,15-16H,1-2,7-9H2. The van der Waals surface area contributed by atoms with Crippen molar-refractivity contribution in [2.75, 3.05) is 13.1 Å². The quantitative estimate of drug-likeness (QED) is 0.833. The van der Waals surface area contributed by atoms with Gasteiger partial charge in [0.25, 0.3) is 0 Å². The van der Waals surface area contributed by atoms with Crippen LogP contribution in [-0.4, -0.2) is 24.3 Å². The van der Waals surface area contributed by atoms with Gasteiger partial charge >= 0.3 is 0 Å². The van der Waals surface area contributed by atoms with E-state index >= 15 is 0 Å². The summed E-state index contributed by atoms with van der Waals surface area (Å²) in [4.78, 5) is 0. The Morgan fingerprint density at radius 1 is 1.38 bits per heavy atom. The predicted molar refractivity (Wildman–Crippen MR) is 74.5 cm³/mol. The number of benzene rings is 1. The lowest BCUT2D eigenvalue weighted by molar-refractivity contribution is 0.0922. The Morgan fingerprint density at radius 2 is 2.12 bits per heavy atom. The van der Waals surface area contributed by atoms with Crippen LogP contribution in [0.15, 0.2) is 24.3 Å². The zero-order valence-corrected chi connectivity index (χ0v) is 11.5. The van der Waals surface area contributed by atoms with Crippen molar-refractivity contribution in [3.8, 4) is 0 Å². The van der Waals surface area contributed by atoms with E-state index in [1.54, 1.807) is 0 Å². The number of aliphatic hydroxyl groups is 1. The maximum Gasteiger partial charge on any atom is 0.0620 e. The van der Waals surface area contributed by atoms with Gasteiger partial charge in [-0.25, -0.2) is 0 Å². The molecule has 0 aromatic heterocycles. The first-order valence-corrected chi connectivity index (χ1v) is 6.97. The molecule has 1 saturated heterocycles. The molecular weight excluding hydrogens is 313 g/mol. The van der Waals surface area contributed by atoms with Crippen molar-refractivity contribution in [3.05, 3.63) is 33.4 Å². The summed E-state index contributed by atoms with van der Waals surface area (Å²) in [5.41, 5.74) is 1.23. The van der Waals surface area contributed by atoms with E-state index in [4.69, 9.17) is 0 Å². The van der Waals surface area contributed by atoms with Gasteiger partial charge in [-0.1, -0.05) is 12.1 Å². The van der Waals surface area contributed by atoms with Crippen LogP contribution in [0.3, 0.4) is 0 Å². The molecule has 0 amide bonds. The Morgan fingerprint density at radius 3 is 2.75 bits per heavy atom. The Bertz CT molecular complexity index is 319. The minimum Gasteiger partial charge on any atom is -0.392 e. The second-order valence-corrected chi connectivity index (χ2v) is 5.75. The lowest BCUT2D eigenvalue weighted by atomic mass is 9.90. The highest BCUT2D eigenvalue weighted by molar-refractivity contribution is 14.1. The van der Waals surface area contributed by atoms with Crippen LogP contribution in [0.1, 0.15) is 18.4 Å². The third-order valence-corrected chi connectivity index (χ3v) is 3.96. The van der Waals surface area contributed by atoms with Crippen molar-refractivity contribution in [1.29, 1.82) is 0 Å². The summed E-state index contributed by atoms with van der Waals surface area (Å²) in [5, 5.41) is 13.5. The Labute approximate surface area is 111 Å². The van der Waals surface area contributed by atoms with Crippen LogP contribution in [0, 0.1) is 9.49 Å². The van der Waals surface area contributed by atoms with Gasteiger partial charge < -0.3 is 10.4 Å². The van der Waals surface area contributed by atoms with Crippen LogP contribution < -0.4 is 5.32 Å². The van der Waals surface area contributed by atoms with Crippen LogP contribution in [0.4, 0.5) is 0 Å². The van der Waals surface area contributed by atoms with E-state index in [-0.39, 0.29) is 6.10 Å². The molecule has 1 aliphatic heterocycles. The van der Waals surface area contributed by atoms with Crippen LogP contribution in [0.5, 0.6) is 0 Å². The van der Waals surface area contributed by atoms with Gasteiger partial charge in [0.05, 0.1) is 6.10 Å². The fourth-order valence-electron chi connectivity index (χ4n) is 2.24. The molecule has 1 aromatic carbocycles. The molecule has 1 fully saturated rings. The molecule has 0 bridgehead atoms. The Hall–Kier alpha value is -0.130. The third kappa shape index (κ3) is 3.43. The minimum absolute atomic E-state index is 0.201. The number of piperidine rings is 1. The third-order valence-electron chi connectivity index (χ3n) is 3.24. The Kier molecular flexibility index (Phi) is 4.61. The maximum absolute atomic E-state index is 10.2. The number of hydrogen-bond acceptors (Lipinski definition) is 2. The number of rotatable bonds is 3. The fourth-order valence-corrected chi connectivity index (χ4v) is 2.60. The molecular formula is C13H18INO. The van der Waals surface area contributed by atoms with Crippen LogP contribution in [0.25, 0.3) is 0 Å². The number of halogens is 1. The average Bonchev–Trinajstić information content (AvgIpc) is 2.33. The van der Waals surface area contributed by atoms with Crippen molar-refractivity contribution in [2.24, 2.45) is 5.92 Å². The largest absolute Gasteiger partial charge is 0.392 e. The van der Waals surface area contributed by atoms with E-state index in [9.17, 15) is 5.11 Å². The average molecular weight is 331 g/mol. The predicted octanol–water partition coefficient (Wildman–Crippen LogP) is 2.19. The highest BCUT2D eigenvalue weighted by Crippen LogP contribution is 2.18. The van der Waals surface area contributed by atoms with Crippen molar-refractivity contribution < 1.29 is 5.11 Å². The van der Waals surface area contributed by atoms with Gasteiger partial charge in [-0.05, 0) is 72.0 Å². The molecule has 2 atom stereocenters. The van der Waals surface area contributed by atoms with Gasteiger partial charge in [0.1, 0.15) is 0 Å². The van der Waals surface area contributed by atoms with Crippen molar-refractivity contribution >= 4 is 22.6 Å². The molecule has 2 rings (SSSR count). The number of hydrogen-bond donors (Lipinski definition) is 2. The second-order valence-electron chi connectivity index (χ2n) is 4.50. The van der Waals surface area contributed by atoms with Crippen LogP contribution in [0.2, 0.25) is 0 Å². The molecule has 0 spiro atoms.